The molecule has 0 unspecified atom stereocenters. The molecule has 0 atom stereocenters. The van der Waals surface area contributed by atoms with Gasteiger partial charge in [-0.15, -0.1) is 0 Å². The van der Waals surface area contributed by atoms with Crippen LogP contribution in [0, 0.1) is 17.1 Å². The fourth-order valence-corrected chi connectivity index (χ4v) is 2.60. The molecule has 3 heteroatoms. The van der Waals surface area contributed by atoms with E-state index in [0.29, 0.717) is 17.7 Å². The highest BCUT2D eigenvalue weighted by Gasteiger charge is 2.26. The van der Waals surface area contributed by atoms with Crippen LogP contribution in [0.2, 0.25) is 0 Å². The Morgan fingerprint density at radius 1 is 1.33 bits per heavy atom. The Morgan fingerprint density at radius 2 is 2.06 bits per heavy atom. The van der Waals surface area contributed by atoms with E-state index >= 15 is 0 Å². The lowest BCUT2D eigenvalue weighted by Crippen LogP contribution is -2.43. The van der Waals surface area contributed by atoms with Crippen molar-refractivity contribution in [1.82, 2.24) is 5.32 Å². The molecule has 96 valence electrons. The number of hydrogen-bond donors (Lipinski definition) is 1. The van der Waals surface area contributed by atoms with Gasteiger partial charge in [-0.2, -0.15) is 5.26 Å². The van der Waals surface area contributed by atoms with Gasteiger partial charge >= 0.3 is 0 Å². The predicted molar refractivity (Wildman–Crippen MR) is 69.4 cm³/mol. The Labute approximate surface area is 108 Å². The van der Waals surface area contributed by atoms with Gasteiger partial charge in [0.15, 0.2) is 0 Å². The minimum Gasteiger partial charge on any atom is -0.307 e. The highest BCUT2D eigenvalue weighted by Crippen LogP contribution is 2.28. The average Bonchev–Trinajstić information content (AvgIpc) is 2.39. The normalized spacial score (nSPS) is 18.3. The van der Waals surface area contributed by atoms with Gasteiger partial charge in [0, 0.05) is 17.6 Å². The lowest BCUT2D eigenvalue weighted by Gasteiger charge is -2.34. The van der Waals surface area contributed by atoms with Crippen LogP contribution in [0.3, 0.4) is 0 Å². The topological polar surface area (TPSA) is 35.8 Å². The number of nitriles is 1. The lowest BCUT2D eigenvalue weighted by atomic mass is 9.83. The molecule has 1 aromatic carbocycles. The third-order valence-corrected chi connectivity index (χ3v) is 3.84. The smallest absolute Gasteiger partial charge is 0.127 e. The van der Waals surface area contributed by atoms with Crippen molar-refractivity contribution in [3.05, 3.63) is 35.1 Å². The number of benzene rings is 1. The van der Waals surface area contributed by atoms with E-state index < -0.39 is 0 Å². The number of nitrogens with zero attached hydrogens (tertiary/aromatic N) is 1. The van der Waals surface area contributed by atoms with Gasteiger partial charge < -0.3 is 5.32 Å². The summed E-state index contributed by atoms with van der Waals surface area (Å²) in [5.41, 5.74) is 1.22. The van der Waals surface area contributed by atoms with Crippen molar-refractivity contribution in [3.8, 4) is 6.07 Å². The van der Waals surface area contributed by atoms with E-state index in [9.17, 15) is 4.39 Å². The molecule has 0 bridgehead atoms. The maximum Gasteiger partial charge on any atom is 0.127 e. The second kappa shape index (κ2) is 5.49. The molecule has 1 saturated carbocycles. The Hall–Kier alpha value is -1.40. The molecule has 2 nitrogen and oxygen atoms in total. The quantitative estimate of drug-likeness (QED) is 0.886. The number of hydrogen-bond acceptors (Lipinski definition) is 2. The van der Waals surface area contributed by atoms with Gasteiger partial charge in [-0.3, -0.25) is 0 Å². The minimum absolute atomic E-state index is 0.118. The zero-order valence-corrected chi connectivity index (χ0v) is 10.8. The van der Waals surface area contributed by atoms with Crippen LogP contribution in [0.15, 0.2) is 18.2 Å². The molecule has 0 aromatic heterocycles. The monoisotopic (exact) mass is 246 g/mol. The van der Waals surface area contributed by atoms with E-state index in [2.05, 4.69) is 12.2 Å². The third-order valence-electron chi connectivity index (χ3n) is 3.84. The standard InChI is InChI=1S/C15H19FN2/c1-15(7-3-2-4-8-15)18-11-13-9-12(10-17)5-6-14(13)16/h5-6,9,18H,2-4,7-8,11H2,1H3. The van der Waals surface area contributed by atoms with Gasteiger partial charge in [-0.1, -0.05) is 19.3 Å². The summed E-state index contributed by atoms with van der Waals surface area (Å²) in [5.74, 6) is -0.235. The van der Waals surface area contributed by atoms with E-state index in [1.807, 2.05) is 6.07 Å². The van der Waals surface area contributed by atoms with Gasteiger partial charge in [0.25, 0.3) is 0 Å². The molecule has 0 heterocycles. The van der Waals surface area contributed by atoms with Gasteiger partial charge in [0.2, 0.25) is 0 Å². The lowest BCUT2D eigenvalue weighted by molar-refractivity contribution is 0.251. The summed E-state index contributed by atoms with van der Waals surface area (Å²) in [5, 5.41) is 12.3. The van der Waals surface area contributed by atoms with Crippen molar-refractivity contribution in [2.24, 2.45) is 0 Å². The van der Waals surface area contributed by atoms with Crippen molar-refractivity contribution in [2.45, 2.75) is 51.1 Å². The summed E-state index contributed by atoms with van der Waals surface area (Å²) in [6, 6.07) is 6.57. The van der Waals surface area contributed by atoms with Crippen molar-refractivity contribution in [3.63, 3.8) is 0 Å². The maximum atomic E-state index is 13.6. The molecule has 0 saturated heterocycles. The first-order valence-corrected chi connectivity index (χ1v) is 6.56. The molecule has 2 rings (SSSR count). The maximum absolute atomic E-state index is 13.6. The van der Waals surface area contributed by atoms with Crippen LogP contribution in [0.25, 0.3) is 0 Å². The minimum atomic E-state index is -0.235. The molecule has 0 aliphatic heterocycles. The number of rotatable bonds is 3. The highest BCUT2D eigenvalue weighted by molar-refractivity contribution is 5.33. The number of nitrogens with one attached hydrogen (secondary N) is 1. The Kier molecular flexibility index (Phi) is 3.98. The average molecular weight is 246 g/mol. The van der Waals surface area contributed by atoms with Crippen LogP contribution >= 0.6 is 0 Å². The number of halogens is 1. The molecule has 0 radical (unpaired) electrons. The van der Waals surface area contributed by atoms with E-state index in [4.69, 9.17) is 5.26 Å². The molecule has 1 N–H and O–H groups in total. The first-order chi connectivity index (χ1) is 8.63. The molecule has 1 fully saturated rings. The summed E-state index contributed by atoms with van der Waals surface area (Å²) in [6.07, 6.45) is 6.07. The van der Waals surface area contributed by atoms with Crippen LogP contribution in [0.5, 0.6) is 0 Å². The third kappa shape index (κ3) is 3.08. The van der Waals surface area contributed by atoms with Crippen molar-refractivity contribution < 1.29 is 4.39 Å². The Balaban J connectivity index is 2.03. The van der Waals surface area contributed by atoms with Crippen LogP contribution in [0.4, 0.5) is 4.39 Å². The fourth-order valence-electron chi connectivity index (χ4n) is 2.60. The zero-order valence-electron chi connectivity index (χ0n) is 10.8. The fraction of sp³-hybridized carbons (Fsp3) is 0.533. The van der Waals surface area contributed by atoms with Crippen LogP contribution in [-0.4, -0.2) is 5.54 Å². The summed E-state index contributed by atoms with van der Waals surface area (Å²) in [4.78, 5) is 0. The molecule has 1 aromatic rings. The first-order valence-electron chi connectivity index (χ1n) is 6.56. The summed E-state index contributed by atoms with van der Waals surface area (Å²) in [7, 11) is 0. The van der Waals surface area contributed by atoms with E-state index in [1.165, 1.54) is 31.4 Å². The van der Waals surface area contributed by atoms with E-state index in [1.54, 1.807) is 6.07 Å². The summed E-state index contributed by atoms with van der Waals surface area (Å²) < 4.78 is 13.6. The Bertz CT molecular complexity index is 456. The largest absolute Gasteiger partial charge is 0.307 e. The Morgan fingerprint density at radius 3 is 2.72 bits per heavy atom. The second-order valence-electron chi connectivity index (χ2n) is 5.39. The zero-order chi connectivity index (χ0) is 13.0. The van der Waals surface area contributed by atoms with Gasteiger partial charge in [-0.25, -0.2) is 4.39 Å². The molecule has 18 heavy (non-hydrogen) atoms. The highest BCUT2D eigenvalue weighted by atomic mass is 19.1. The molecule has 0 amide bonds. The van der Waals surface area contributed by atoms with Gasteiger partial charge in [0.1, 0.15) is 5.82 Å². The molecule has 0 spiro atoms. The van der Waals surface area contributed by atoms with Crippen molar-refractivity contribution >= 4 is 0 Å². The van der Waals surface area contributed by atoms with Gasteiger partial charge in [0.05, 0.1) is 11.6 Å². The summed E-state index contributed by atoms with van der Waals surface area (Å²) >= 11 is 0. The van der Waals surface area contributed by atoms with E-state index in [-0.39, 0.29) is 11.4 Å². The second-order valence-corrected chi connectivity index (χ2v) is 5.39. The first kappa shape index (κ1) is 13.0. The molecule has 1 aliphatic rings. The van der Waals surface area contributed by atoms with Gasteiger partial charge in [-0.05, 0) is 38.0 Å². The summed E-state index contributed by atoms with van der Waals surface area (Å²) in [6.45, 7) is 2.70. The molecule has 1 aliphatic carbocycles. The van der Waals surface area contributed by atoms with Crippen molar-refractivity contribution in [2.75, 3.05) is 0 Å². The molecular formula is C15H19FN2. The van der Waals surface area contributed by atoms with Crippen molar-refractivity contribution in [1.29, 1.82) is 5.26 Å². The van der Waals surface area contributed by atoms with Crippen LogP contribution in [0.1, 0.15) is 50.2 Å². The predicted octanol–water partition coefficient (Wildman–Crippen LogP) is 3.51. The van der Waals surface area contributed by atoms with Crippen LogP contribution < -0.4 is 5.32 Å². The SMILES string of the molecule is CC1(NCc2cc(C#N)ccc2F)CCCCC1. The van der Waals surface area contributed by atoms with E-state index in [0.717, 1.165) is 12.8 Å². The van der Waals surface area contributed by atoms with Crippen LogP contribution in [-0.2, 0) is 6.54 Å². The molecular weight excluding hydrogens is 227 g/mol.